The van der Waals surface area contributed by atoms with Crippen molar-refractivity contribution in [3.8, 4) is 6.07 Å². The molecule has 4 nitrogen and oxygen atoms in total. The van der Waals surface area contributed by atoms with E-state index in [2.05, 4.69) is 5.32 Å². The molecule has 20 heavy (non-hydrogen) atoms. The number of anilines is 1. The van der Waals surface area contributed by atoms with Gasteiger partial charge in [-0.2, -0.15) is 5.26 Å². The van der Waals surface area contributed by atoms with Gasteiger partial charge in [0, 0.05) is 11.4 Å². The number of carbonyl (C=O) groups excluding carboxylic acids is 1. The summed E-state index contributed by atoms with van der Waals surface area (Å²) in [4.78, 5) is 13.8. The molecule has 0 radical (unpaired) electrons. The lowest BCUT2D eigenvalue weighted by Gasteiger charge is -2.24. The van der Waals surface area contributed by atoms with E-state index in [1.54, 1.807) is 0 Å². The maximum absolute atomic E-state index is 12.3. The van der Waals surface area contributed by atoms with Gasteiger partial charge in [0.2, 0.25) is 0 Å². The molecule has 0 aliphatic carbocycles. The largest absolute Gasteiger partial charge is 0.322 e. The first-order chi connectivity index (χ1) is 9.63. The maximum Gasteiger partial charge on any atom is 0.322 e. The Hall–Kier alpha value is -2.54. The summed E-state index contributed by atoms with van der Waals surface area (Å²) in [5, 5.41) is 13.7. The van der Waals surface area contributed by atoms with Gasteiger partial charge in [0.1, 0.15) is 6.54 Å². The predicted octanol–water partition coefficient (Wildman–Crippen LogP) is 3.61. The first-order valence-electron chi connectivity index (χ1n) is 6.56. The van der Waals surface area contributed by atoms with Gasteiger partial charge in [-0.05, 0) is 25.3 Å². The van der Waals surface area contributed by atoms with E-state index < -0.39 is 0 Å². The number of urea groups is 1. The third kappa shape index (κ3) is 2.89. The third-order valence-corrected chi connectivity index (χ3v) is 3.16. The number of nitriles is 1. The molecule has 0 saturated heterocycles. The molecule has 0 aliphatic rings. The van der Waals surface area contributed by atoms with E-state index in [0.29, 0.717) is 0 Å². The molecule has 0 heterocycles. The Labute approximate surface area is 118 Å². The second kappa shape index (κ2) is 6.07. The fourth-order valence-electron chi connectivity index (χ4n) is 2.09. The van der Waals surface area contributed by atoms with Crippen molar-refractivity contribution < 1.29 is 4.79 Å². The molecule has 1 N–H and O–H groups in total. The van der Waals surface area contributed by atoms with Gasteiger partial charge in [0.05, 0.1) is 11.8 Å². The lowest BCUT2D eigenvalue weighted by atomic mass is 10.1. The van der Waals surface area contributed by atoms with E-state index in [4.69, 9.17) is 5.26 Å². The molecule has 0 spiro atoms. The van der Waals surface area contributed by atoms with Gasteiger partial charge >= 0.3 is 6.03 Å². The third-order valence-electron chi connectivity index (χ3n) is 3.16. The zero-order valence-corrected chi connectivity index (χ0v) is 11.6. The Kier molecular flexibility index (Phi) is 4.21. The number of nitrogens with zero attached hydrogens (tertiary/aromatic N) is 2. The first-order valence-corrected chi connectivity index (χ1v) is 6.56. The number of nitrogens with one attached hydrogen (secondary N) is 1. The number of fused-ring (bicyclic) bond motifs is 1. The van der Waals surface area contributed by atoms with Crippen molar-refractivity contribution in [1.82, 2.24) is 4.90 Å². The normalized spacial score (nSPS) is 10.3. The van der Waals surface area contributed by atoms with Crippen LogP contribution in [-0.2, 0) is 0 Å². The van der Waals surface area contributed by atoms with Crippen LogP contribution in [0.3, 0.4) is 0 Å². The van der Waals surface area contributed by atoms with Crippen molar-refractivity contribution >= 4 is 22.5 Å². The fourth-order valence-corrected chi connectivity index (χ4v) is 2.09. The maximum atomic E-state index is 12.3. The Morgan fingerprint density at radius 3 is 2.65 bits per heavy atom. The molecule has 0 fully saturated rings. The van der Waals surface area contributed by atoms with Crippen LogP contribution < -0.4 is 5.32 Å². The number of rotatable bonds is 3. The standard InChI is InChI=1S/C16H17N3O/c1-12(2)19(11-10-17)16(20)18-15-9-5-7-13-6-3-4-8-14(13)15/h3-9,12H,11H2,1-2H3,(H,18,20). The highest BCUT2D eigenvalue weighted by atomic mass is 16.2. The number of benzene rings is 2. The quantitative estimate of drug-likeness (QED) is 0.864. The van der Waals surface area contributed by atoms with Gasteiger partial charge in [-0.25, -0.2) is 4.79 Å². The molecule has 0 bridgehead atoms. The van der Waals surface area contributed by atoms with Crippen molar-refractivity contribution in [2.24, 2.45) is 0 Å². The highest BCUT2D eigenvalue weighted by Gasteiger charge is 2.17. The molecule has 0 atom stereocenters. The summed E-state index contributed by atoms with van der Waals surface area (Å²) in [5.41, 5.74) is 0.761. The lowest BCUT2D eigenvalue weighted by molar-refractivity contribution is 0.205. The first kappa shape index (κ1) is 13.9. The molecule has 2 aromatic rings. The van der Waals surface area contributed by atoms with Crippen molar-refractivity contribution in [3.63, 3.8) is 0 Å². The highest BCUT2D eigenvalue weighted by molar-refractivity contribution is 6.01. The van der Waals surface area contributed by atoms with Crippen molar-refractivity contribution in [2.75, 3.05) is 11.9 Å². The minimum Gasteiger partial charge on any atom is -0.309 e. The van der Waals surface area contributed by atoms with Crippen LogP contribution >= 0.6 is 0 Å². The van der Waals surface area contributed by atoms with Crippen LogP contribution in [0.2, 0.25) is 0 Å². The summed E-state index contributed by atoms with van der Waals surface area (Å²) in [6.45, 7) is 3.86. The molecule has 2 rings (SSSR count). The molecular formula is C16H17N3O. The number of amides is 2. The molecule has 0 saturated carbocycles. The number of hydrogen-bond acceptors (Lipinski definition) is 2. The minimum absolute atomic E-state index is 0.0235. The average Bonchev–Trinajstić information content (AvgIpc) is 2.44. The van der Waals surface area contributed by atoms with Crippen molar-refractivity contribution in [1.29, 1.82) is 5.26 Å². The van der Waals surface area contributed by atoms with Crippen LogP contribution in [0.25, 0.3) is 10.8 Å². The second-order valence-electron chi connectivity index (χ2n) is 4.84. The fraction of sp³-hybridized carbons (Fsp3) is 0.250. The highest BCUT2D eigenvalue weighted by Crippen LogP contribution is 2.23. The van der Waals surface area contributed by atoms with Crippen LogP contribution in [0, 0.1) is 11.3 Å². The lowest BCUT2D eigenvalue weighted by Crippen LogP contribution is -2.40. The van der Waals surface area contributed by atoms with E-state index in [0.717, 1.165) is 16.5 Å². The molecule has 0 aliphatic heterocycles. The minimum atomic E-state index is -0.252. The van der Waals surface area contributed by atoms with Gasteiger partial charge < -0.3 is 10.2 Å². The molecular weight excluding hydrogens is 250 g/mol. The summed E-state index contributed by atoms with van der Waals surface area (Å²) < 4.78 is 0. The SMILES string of the molecule is CC(C)N(CC#N)C(=O)Nc1cccc2ccccc12. The Bertz CT molecular complexity index is 653. The van der Waals surface area contributed by atoms with Crippen molar-refractivity contribution in [3.05, 3.63) is 42.5 Å². The van der Waals surface area contributed by atoms with Gasteiger partial charge in [-0.15, -0.1) is 0 Å². The Balaban J connectivity index is 2.28. The van der Waals surface area contributed by atoms with E-state index in [-0.39, 0.29) is 18.6 Å². The van der Waals surface area contributed by atoms with E-state index in [1.807, 2.05) is 62.4 Å². The van der Waals surface area contributed by atoms with Gasteiger partial charge in [0.15, 0.2) is 0 Å². The van der Waals surface area contributed by atoms with E-state index in [1.165, 1.54) is 4.90 Å². The number of carbonyl (C=O) groups is 1. The van der Waals surface area contributed by atoms with Crippen LogP contribution in [0.1, 0.15) is 13.8 Å². The van der Waals surface area contributed by atoms with Gasteiger partial charge in [0.25, 0.3) is 0 Å². The van der Waals surface area contributed by atoms with E-state index >= 15 is 0 Å². The van der Waals surface area contributed by atoms with Crippen LogP contribution in [0.4, 0.5) is 10.5 Å². The predicted molar refractivity (Wildman–Crippen MR) is 80.4 cm³/mol. The van der Waals surface area contributed by atoms with E-state index in [9.17, 15) is 4.79 Å². The molecule has 4 heteroatoms. The molecule has 102 valence electrons. The topological polar surface area (TPSA) is 56.1 Å². The van der Waals surface area contributed by atoms with Crippen molar-refractivity contribution in [2.45, 2.75) is 19.9 Å². The summed E-state index contributed by atoms with van der Waals surface area (Å²) in [5.74, 6) is 0. The molecule has 2 aromatic carbocycles. The zero-order valence-electron chi connectivity index (χ0n) is 11.6. The Morgan fingerprint density at radius 1 is 1.25 bits per heavy atom. The summed E-state index contributed by atoms with van der Waals surface area (Å²) in [6, 6.07) is 15.4. The zero-order chi connectivity index (χ0) is 14.5. The van der Waals surface area contributed by atoms with Crippen LogP contribution in [0.5, 0.6) is 0 Å². The smallest absolute Gasteiger partial charge is 0.309 e. The number of hydrogen-bond donors (Lipinski definition) is 1. The summed E-state index contributed by atoms with van der Waals surface area (Å²) in [6.07, 6.45) is 0. The van der Waals surface area contributed by atoms with Crippen LogP contribution in [0.15, 0.2) is 42.5 Å². The van der Waals surface area contributed by atoms with Crippen LogP contribution in [-0.4, -0.2) is 23.5 Å². The summed E-state index contributed by atoms with van der Waals surface area (Å²) in [7, 11) is 0. The van der Waals surface area contributed by atoms with Gasteiger partial charge in [-0.1, -0.05) is 36.4 Å². The average molecular weight is 267 g/mol. The monoisotopic (exact) mass is 267 g/mol. The molecule has 0 unspecified atom stereocenters. The molecule has 2 amide bonds. The molecule has 0 aromatic heterocycles. The van der Waals surface area contributed by atoms with Gasteiger partial charge in [-0.3, -0.25) is 0 Å². The Morgan fingerprint density at radius 2 is 1.95 bits per heavy atom. The summed E-state index contributed by atoms with van der Waals surface area (Å²) >= 11 is 0. The second-order valence-corrected chi connectivity index (χ2v) is 4.84.